The monoisotopic (exact) mass is 274 g/mol. The van der Waals surface area contributed by atoms with Crippen molar-refractivity contribution >= 4 is 10.0 Å². The highest BCUT2D eigenvalue weighted by atomic mass is 32.2. The third kappa shape index (κ3) is 5.12. The van der Waals surface area contributed by atoms with Gasteiger partial charge >= 0.3 is 0 Å². The summed E-state index contributed by atoms with van der Waals surface area (Å²) >= 11 is 0. The van der Waals surface area contributed by atoms with Gasteiger partial charge in [0.15, 0.2) is 0 Å². The van der Waals surface area contributed by atoms with Gasteiger partial charge in [0.1, 0.15) is 5.82 Å². The molecule has 1 aromatic carbocycles. The van der Waals surface area contributed by atoms with Gasteiger partial charge in [0.2, 0.25) is 10.0 Å². The number of hydrogen-bond donors (Lipinski definition) is 2. The molecule has 1 atom stereocenters. The maximum atomic E-state index is 12.7. The van der Waals surface area contributed by atoms with Crippen molar-refractivity contribution in [2.24, 2.45) is 5.73 Å². The van der Waals surface area contributed by atoms with E-state index in [1.807, 2.05) is 0 Å². The van der Waals surface area contributed by atoms with Crippen LogP contribution in [0.15, 0.2) is 24.3 Å². The van der Waals surface area contributed by atoms with Gasteiger partial charge in [-0.1, -0.05) is 12.1 Å². The fraction of sp³-hybridized carbons (Fsp3) is 0.500. The van der Waals surface area contributed by atoms with Crippen molar-refractivity contribution in [2.75, 3.05) is 5.75 Å². The average Bonchev–Trinajstić information content (AvgIpc) is 2.13. The summed E-state index contributed by atoms with van der Waals surface area (Å²) in [6.07, 6.45) is 0. The van der Waals surface area contributed by atoms with Gasteiger partial charge in [-0.25, -0.2) is 17.5 Å². The van der Waals surface area contributed by atoms with Gasteiger partial charge < -0.3 is 5.73 Å². The smallest absolute Gasteiger partial charge is 0.213 e. The van der Waals surface area contributed by atoms with E-state index in [2.05, 4.69) is 4.72 Å². The van der Waals surface area contributed by atoms with Crippen LogP contribution in [0.5, 0.6) is 0 Å². The van der Waals surface area contributed by atoms with Gasteiger partial charge in [-0.05, 0) is 38.5 Å². The second-order valence-electron chi connectivity index (χ2n) is 5.29. The summed E-state index contributed by atoms with van der Waals surface area (Å²) in [7, 11) is -3.47. The molecule has 0 amide bonds. The minimum atomic E-state index is -3.47. The van der Waals surface area contributed by atoms with E-state index in [4.69, 9.17) is 5.73 Å². The molecule has 0 radical (unpaired) electrons. The van der Waals surface area contributed by atoms with E-state index in [-0.39, 0.29) is 11.6 Å². The Balaban J connectivity index is 2.76. The first kappa shape index (κ1) is 15.1. The number of benzene rings is 1. The first-order valence-electron chi connectivity index (χ1n) is 5.62. The maximum absolute atomic E-state index is 12.7. The third-order valence-corrected chi connectivity index (χ3v) is 3.88. The van der Waals surface area contributed by atoms with E-state index in [1.54, 1.807) is 20.8 Å². The summed E-state index contributed by atoms with van der Waals surface area (Å²) in [5, 5.41) is 0. The van der Waals surface area contributed by atoms with Crippen molar-refractivity contribution in [3.05, 3.63) is 35.6 Å². The largest absolute Gasteiger partial charge is 0.323 e. The van der Waals surface area contributed by atoms with E-state index >= 15 is 0 Å². The topological polar surface area (TPSA) is 72.2 Å². The predicted molar refractivity (Wildman–Crippen MR) is 70.0 cm³/mol. The van der Waals surface area contributed by atoms with Crippen molar-refractivity contribution in [3.63, 3.8) is 0 Å². The minimum Gasteiger partial charge on any atom is -0.323 e. The number of halogens is 1. The number of nitrogens with two attached hydrogens (primary N) is 1. The molecular formula is C12H19FN2O2S. The number of rotatable bonds is 4. The quantitative estimate of drug-likeness (QED) is 0.875. The van der Waals surface area contributed by atoms with Crippen molar-refractivity contribution in [3.8, 4) is 0 Å². The highest BCUT2D eigenvalue weighted by molar-refractivity contribution is 7.89. The van der Waals surface area contributed by atoms with Crippen LogP contribution < -0.4 is 10.5 Å². The van der Waals surface area contributed by atoms with Gasteiger partial charge in [0, 0.05) is 11.6 Å². The maximum Gasteiger partial charge on any atom is 0.213 e. The fourth-order valence-electron chi connectivity index (χ4n) is 1.55. The second kappa shape index (κ2) is 5.34. The summed E-state index contributed by atoms with van der Waals surface area (Å²) in [4.78, 5) is 0. The molecular weight excluding hydrogens is 255 g/mol. The van der Waals surface area contributed by atoms with E-state index in [9.17, 15) is 12.8 Å². The standard InChI is InChI=1S/C12H19FN2O2S/c1-12(2,3)15-18(16,17)8-11(14)9-4-6-10(13)7-5-9/h4-7,11,15H,8,14H2,1-3H3/t11-/m1/s1. The molecule has 0 heterocycles. The molecule has 0 aliphatic rings. The first-order valence-corrected chi connectivity index (χ1v) is 7.27. The van der Waals surface area contributed by atoms with Crippen LogP contribution >= 0.6 is 0 Å². The van der Waals surface area contributed by atoms with E-state index in [0.717, 1.165) is 0 Å². The molecule has 0 saturated heterocycles. The number of hydrogen-bond acceptors (Lipinski definition) is 3. The van der Waals surface area contributed by atoms with Crippen LogP contribution in [0, 0.1) is 5.82 Å². The molecule has 6 heteroatoms. The lowest BCUT2D eigenvalue weighted by Gasteiger charge is -2.22. The molecule has 4 nitrogen and oxygen atoms in total. The lowest BCUT2D eigenvalue weighted by Crippen LogP contribution is -2.43. The van der Waals surface area contributed by atoms with Crippen LogP contribution in [-0.2, 0) is 10.0 Å². The van der Waals surface area contributed by atoms with E-state index in [0.29, 0.717) is 5.56 Å². The normalized spacial score (nSPS) is 14.5. The molecule has 0 unspecified atom stereocenters. The lowest BCUT2D eigenvalue weighted by molar-refractivity contribution is 0.489. The van der Waals surface area contributed by atoms with E-state index < -0.39 is 21.6 Å². The van der Waals surface area contributed by atoms with Gasteiger partial charge in [0.25, 0.3) is 0 Å². The van der Waals surface area contributed by atoms with E-state index in [1.165, 1.54) is 24.3 Å². The zero-order chi connectivity index (χ0) is 14.0. The number of sulfonamides is 1. The molecule has 18 heavy (non-hydrogen) atoms. The molecule has 0 bridgehead atoms. The summed E-state index contributed by atoms with van der Waals surface area (Å²) in [5.74, 6) is -0.600. The zero-order valence-corrected chi connectivity index (χ0v) is 11.6. The number of nitrogens with one attached hydrogen (secondary N) is 1. The molecule has 0 aromatic heterocycles. The van der Waals surface area contributed by atoms with Gasteiger partial charge in [0.05, 0.1) is 5.75 Å². The Kier molecular flexibility index (Phi) is 4.47. The van der Waals surface area contributed by atoms with Crippen LogP contribution in [0.1, 0.15) is 32.4 Å². The Labute approximate surface area is 107 Å². The minimum absolute atomic E-state index is 0.226. The van der Waals surface area contributed by atoms with Crippen LogP contribution in [0.3, 0.4) is 0 Å². The molecule has 0 fully saturated rings. The average molecular weight is 274 g/mol. The molecule has 0 spiro atoms. The van der Waals surface area contributed by atoms with Crippen molar-refractivity contribution in [1.29, 1.82) is 0 Å². The SMILES string of the molecule is CC(C)(C)NS(=O)(=O)C[C@@H](N)c1ccc(F)cc1. The Morgan fingerprint density at radius 1 is 1.28 bits per heavy atom. The van der Waals surface area contributed by atoms with Gasteiger partial charge in [-0.15, -0.1) is 0 Å². The Hall–Kier alpha value is -0.980. The Bertz CT molecular complexity index is 492. The Morgan fingerprint density at radius 2 is 1.78 bits per heavy atom. The van der Waals surface area contributed by atoms with Gasteiger partial charge in [-0.3, -0.25) is 0 Å². The second-order valence-corrected chi connectivity index (χ2v) is 7.06. The first-order chi connectivity index (χ1) is 8.09. The predicted octanol–water partition coefficient (Wildman–Crippen LogP) is 1.54. The van der Waals surface area contributed by atoms with Crippen LogP contribution in [0.25, 0.3) is 0 Å². The summed E-state index contributed by atoms with van der Waals surface area (Å²) in [6, 6.07) is 4.84. The van der Waals surface area contributed by atoms with Crippen LogP contribution in [0.2, 0.25) is 0 Å². The molecule has 3 N–H and O–H groups in total. The lowest BCUT2D eigenvalue weighted by atomic mass is 10.1. The summed E-state index contributed by atoms with van der Waals surface area (Å²) < 4.78 is 38.9. The van der Waals surface area contributed by atoms with Crippen molar-refractivity contribution in [2.45, 2.75) is 32.4 Å². The molecule has 1 aromatic rings. The zero-order valence-electron chi connectivity index (χ0n) is 10.8. The van der Waals surface area contributed by atoms with Crippen LogP contribution in [-0.4, -0.2) is 19.7 Å². The highest BCUT2D eigenvalue weighted by Crippen LogP contribution is 2.14. The third-order valence-electron chi connectivity index (χ3n) is 2.16. The molecule has 102 valence electrons. The van der Waals surface area contributed by atoms with Gasteiger partial charge in [-0.2, -0.15) is 0 Å². The molecule has 0 saturated carbocycles. The summed E-state index contributed by atoms with van der Waals surface area (Å²) in [5.41, 5.74) is 5.86. The van der Waals surface area contributed by atoms with Crippen molar-refractivity contribution in [1.82, 2.24) is 4.72 Å². The van der Waals surface area contributed by atoms with Crippen LogP contribution in [0.4, 0.5) is 4.39 Å². The molecule has 1 rings (SSSR count). The Morgan fingerprint density at radius 3 is 2.22 bits per heavy atom. The summed E-state index contributed by atoms with van der Waals surface area (Å²) in [6.45, 7) is 5.27. The van der Waals surface area contributed by atoms with Crippen molar-refractivity contribution < 1.29 is 12.8 Å². The highest BCUT2D eigenvalue weighted by Gasteiger charge is 2.23. The molecule has 0 aliphatic heterocycles. The molecule has 0 aliphatic carbocycles. The fourth-order valence-corrected chi connectivity index (χ4v) is 3.23.